The standard InChI is InChI=1S/C11H7BrClFN2O/c12-8-1-9(14)3-10(2-8)17-11-15-5-7(4-13)6-16-11/h1-3,5-6H,4H2. The van der Waals surface area contributed by atoms with Gasteiger partial charge in [0.1, 0.15) is 11.6 Å². The maximum atomic E-state index is 13.1. The summed E-state index contributed by atoms with van der Waals surface area (Å²) in [4.78, 5) is 7.90. The summed E-state index contributed by atoms with van der Waals surface area (Å²) in [5.74, 6) is 0.272. The highest BCUT2D eigenvalue weighted by Crippen LogP contribution is 2.23. The quantitative estimate of drug-likeness (QED) is 0.805. The van der Waals surface area contributed by atoms with Crippen molar-refractivity contribution in [3.05, 3.63) is 46.4 Å². The van der Waals surface area contributed by atoms with Crippen molar-refractivity contribution < 1.29 is 9.13 Å². The van der Waals surface area contributed by atoms with Crippen LogP contribution in [0.3, 0.4) is 0 Å². The van der Waals surface area contributed by atoms with Crippen LogP contribution in [-0.2, 0) is 5.88 Å². The van der Waals surface area contributed by atoms with E-state index >= 15 is 0 Å². The maximum Gasteiger partial charge on any atom is 0.321 e. The van der Waals surface area contributed by atoms with Crippen LogP contribution in [0.15, 0.2) is 35.1 Å². The SMILES string of the molecule is Fc1cc(Br)cc(Oc2ncc(CCl)cn2)c1. The summed E-state index contributed by atoms with van der Waals surface area (Å²) in [6.07, 6.45) is 3.12. The molecule has 1 aromatic heterocycles. The molecule has 0 unspecified atom stereocenters. The molecule has 2 aromatic rings. The van der Waals surface area contributed by atoms with Crippen molar-refractivity contribution in [3.8, 4) is 11.8 Å². The molecule has 17 heavy (non-hydrogen) atoms. The molecule has 3 nitrogen and oxygen atoms in total. The molecule has 0 bridgehead atoms. The van der Waals surface area contributed by atoms with Gasteiger partial charge in [0.2, 0.25) is 0 Å². The molecule has 0 saturated heterocycles. The third kappa shape index (κ3) is 3.38. The third-order valence-electron chi connectivity index (χ3n) is 1.88. The van der Waals surface area contributed by atoms with Crippen LogP contribution in [-0.4, -0.2) is 9.97 Å². The highest BCUT2D eigenvalue weighted by molar-refractivity contribution is 9.10. The second kappa shape index (κ2) is 5.42. The molecule has 88 valence electrons. The van der Waals surface area contributed by atoms with Gasteiger partial charge in [-0.2, -0.15) is 0 Å². The molecular formula is C11H7BrClFN2O. The Kier molecular flexibility index (Phi) is 3.91. The van der Waals surface area contributed by atoms with E-state index in [1.165, 1.54) is 12.1 Å². The Hall–Kier alpha value is -1.20. The average Bonchev–Trinajstić information content (AvgIpc) is 2.28. The van der Waals surface area contributed by atoms with Gasteiger partial charge in [0, 0.05) is 28.5 Å². The molecule has 0 amide bonds. The molecule has 0 radical (unpaired) electrons. The molecule has 1 aromatic carbocycles. The van der Waals surface area contributed by atoms with Crippen molar-refractivity contribution in [1.29, 1.82) is 0 Å². The van der Waals surface area contributed by atoms with Gasteiger partial charge < -0.3 is 4.74 Å². The molecule has 0 aliphatic heterocycles. The first-order chi connectivity index (χ1) is 8.17. The minimum Gasteiger partial charge on any atom is -0.424 e. The van der Waals surface area contributed by atoms with Gasteiger partial charge in [-0.25, -0.2) is 14.4 Å². The summed E-state index contributed by atoms with van der Waals surface area (Å²) in [7, 11) is 0. The molecule has 2 rings (SSSR count). The van der Waals surface area contributed by atoms with E-state index in [9.17, 15) is 4.39 Å². The van der Waals surface area contributed by atoms with Crippen LogP contribution in [0.4, 0.5) is 4.39 Å². The van der Waals surface area contributed by atoms with Crippen molar-refractivity contribution in [2.75, 3.05) is 0 Å². The van der Waals surface area contributed by atoms with Crippen LogP contribution in [0.2, 0.25) is 0 Å². The summed E-state index contributed by atoms with van der Waals surface area (Å²) < 4.78 is 19.0. The minimum atomic E-state index is -0.397. The van der Waals surface area contributed by atoms with E-state index in [0.717, 1.165) is 5.56 Å². The average molecular weight is 318 g/mol. The topological polar surface area (TPSA) is 35.0 Å². The van der Waals surface area contributed by atoms with E-state index in [1.807, 2.05) is 0 Å². The number of nitrogens with zero attached hydrogens (tertiary/aromatic N) is 2. The van der Waals surface area contributed by atoms with E-state index in [2.05, 4.69) is 25.9 Å². The van der Waals surface area contributed by atoms with Crippen molar-refractivity contribution in [1.82, 2.24) is 9.97 Å². The zero-order valence-corrected chi connectivity index (χ0v) is 10.9. The lowest BCUT2D eigenvalue weighted by atomic mass is 10.3. The minimum absolute atomic E-state index is 0.149. The molecule has 6 heteroatoms. The van der Waals surface area contributed by atoms with Crippen LogP contribution >= 0.6 is 27.5 Å². The predicted molar refractivity (Wildman–Crippen MR) is 65.8 cm³/mol. The van der Waals surface area contributed by atoms with Gasteiger partial charge in [0.25, 0.3) is 0 Å². The Balaban J connectivity index is 2.19. The molecule has 0 spiro atoms. The molecule has 0 aliphatic carbocycles. The molecular weight excluding hydrogens is 310 g/mol. The van der Waals surface area contributed by atoms with E-state index in [1.54, 1.807) is 18.5 Å². The first kappa shape index (κ1) is 12.3. The number of hydrogen-bond acceptors (Lipinski definition) is 3. The zero-order valence-electron chi connectivity index (χ0n) is 8.53. The summed E-state index contributed by atoms with van der Waals surface area (Å²) in [5, 5.41) is 0. The van der Waals surface area contributed by atoms with Gasteiger partial charge >= 0.3 is 6.01 Å². The van der Waals surface area contributed by atoms with Gasteiger partial charge in [-0.3, -0.25) is 0 Å². The molecule has 0 atom stereocenters. The summed E-state index contributed by atoms with van der Waals surface area (Å²) >= 11 is 8.78. The highest BCUT2D eigenvalue weighted by atomic mass is 79.9. The fourth-order valence-corrected chi connectivity index (χ4v) is 1.74. The van der Waals surface area contributed by atoms with Gasteiger partial charge in [0.15, 0.2) is 0 Å². The summed E-state index contributed by atoms with van der Waals surface area (Å²) in [6.45, 7) is 0. The third-order valence-corrected chi connectivity index (χ3v) is 2.65. The van der Waals surface area contributed by atoms with Crippen LogP contribution < -0.4 is 4.74 Å². The van der Waals surface area contributed by atoms with Crippen molar-refractivity contribution in [3.63, 3.8) is 0 Å². The molecule has 1 heterocycles. The molecule has 0 aliphatic rings. The summed E-state index contributed by atoms with van der Waals surface area (Å²) in [5.41, 5.74) is 0.791. The lowest BCUT2D eigenvalue weighted by Gasteiger charge is -2.04. The van der Waals surface area contributed by atoms with Gasteiger partial charge in [-0.05, 0) is 12.1 Å². The predicted octanol–water partition coefficient (Wildman–Crippen LogP) is 3.91. The van der Waals surface area contributed by atoms with Gasteiger partial charge in [0.05, 0.1) is 5.88 Å². The number of alkyl halides is 1. The van der Waals surface area contributed by atoms with Crippen LogP contribution in [0.1, 0.15) is 5.56 Å². The lowest BCUT2D eigenvalue weighted by Crippen LogP contribution is -1.93. The highest BCUT2D eigenvalue weighted by Gasteiger charge is 2.04. The zero-order chi connectivity index (χ0) is 12.3. The first-order valence-corrected chi connectivity index (χ1v) is 6.01. The monoisotopic (exact) mass is 316 g/mol. The Morgan fingerprint density at radius 2 is 1.94 bits per heavy atom. The van der Waals surface area contributed by atoms with Crippen LogP contribution in [0, 0.1) is 5.82 Å². The molecule has 0 N–H and O–H groups in total. The Morgan fingerprint density at radius 3 is 2.53 bits per heavy atom. The Bertz CT molecular complexity index is 501. The lowest BCUT2D eigenvalue weighted by molar-refractivity contribution is 0.437. The van der Waals surface area contributed by atoms with E-state index in [-0.39, 0.29) is 6.01 Å². The van der Waals surface area contributed by atoms with Crippen molar-refractivity contribution in [2.45, 2.75) is 5.88 Å². The van der Waals surface area contributed by atoms with Crippen LogP contribution in [0.5, 0.6) is 11.8 Å². The number of rotatable bonds is 3. The number of benzene rings is 1. The number of ether oxygens (including phenoxy) is 1. The van der Waals surface area contributed by atoms with Gasteiger partial charge in [-0.1, -0.05) is 15.9 Å². The summed E-state index contributed by atoms with van der Waals surface area (Å²) in [6, 6.07) is 4.37. The number of hydrogen-bond donors (Lipinski definition) is 0. The maximum absolute atomic E-state index is 13.1. The fourth-order valence-electron chi connectivity index (χ4n) is 1.16. The van der Waals surface area contributed by atoms with E-state index in [4.69, 9.17) is 16.3 Å². The second-order valence-corrected chi connectivity index (χ2v) is 4.40. The number of halogens is 3. The smallest absolute Gasteiger partial charge is 0.321 e. The largest absolute Gasteiger partial charge is 0.424 e. The molecule has 0 fully saturated rings. The van der Waals surface area contributed by atoms with Crippen molar-refractivity contribution >= 4 is 27.5 Å². The number of aromatic nitrogens is 2. The Morgan fingerprint density at radius 1 is 1.24 bits per heavy atom. The molecule has 0 saturated carbocycles. The Labute approximate surface area is 111 Å². The van der Waals surface area contributed by atoms with E-state index < -0.39 is 5.82 Å². The first-order valence-electron chi connectivity index (χ1n) is 4.68. The van der Waals surface area contributed by atoms with E-state index in [0.29, 0.717) is 16.1 Å². The second-order valence-electron chi connectivity index (χ2n) is 3.21. The van der Waals surface area contributed by atoms with Crippen LogP contribution in [0.25, 0.3) is 0 Å². The fraction of sp³-hybridized carbons (Fsp3) is 0.0909. The van der Waals surface area contributed by atoms with Gasteiger partial charge in [-0.15, -0.1) is 11.6 Å². The van der Waals surface area contributed by atoms with Crippen molar-refractivity contribution in [2.24, 2.45) is 0 Å². The normalized spacial score (nSPS) is 10.3.